The molecule has 28 atom stereocenters. The van der Waals surface area contributed by atoms with Crippen LogP contribution >= 0.6 is 0 Å². The fraction of sp³-hybridized carbons (Fsp3) is 0.815. The molecule has 0 radical (unpaired) electrons. The second kappa shape index (κ2) is 9.78. The third-order valence-electron chi connectivity index (χ3n) is 25.6. The smallest absolute Gasteiger partial charge is 0.0700 e. The summed E-state index contributed by atoms with van der Waals surface area (Å²) in [4.78, 5) is 3.09. The first-order valence-corrected chi connectivity index (χ1v) is 25.5. The molecule has 1 aromatic carbocycles. The van der Waals surface area contributed by atoms with E-state index < -0.39 is 0 Å². The third kappa shape index (κ3) is 2.99. The van der Waals surface area contributed by atoms with Gasteiger partial charge in [-0.2, -0.15) is 0 Å². The standard InChI is InChI=1S/C54H65NO2/c1-3-21-4-6-22(7-5-21)53-54-19-29-17-27-15-24-12-23-13-26-14-25-16-28-18-30(31(54)20-55(53)8-9-57-11-10-56-2)39-44-35(28)34(25)41-36(26)40-32(23)33(24)42-37(27)43-38(29)52(54)51(39)50-48(43)46(42)45(40)47(41)49(44)50/h4-7,23-27,29,31-34,36-38,40-53H,3,8-20H2,1-2H3. The van der Waals surface area contributed by atoms with Crippen LogP contribution in [0.4, 0.5) is 0 Å². The Kier molecular flexibility index (Phi) is 5.39. The summed E-state index contributed by atoms with van der Waals surface area (Å²) in [5.41, 5.74) is 12.3. The lowest BCUT2D eigenvalue weighted by molar-refractivity contribution is -0.149. The summed E-state index contributed by atoms with van der Waals surface area (Å²) in [6.07, 6.45) is 14.0. The van der Waals surface area contributed by atoms with E-state index in [0.717, 1.165) is 156 Å². The third-order valence-corrected chi connectivity index (χ3v) is 25.6. The molecule has 1 heterocycles. The Labute approximate surface area is 340 Å². The number of nitrogens with zero attached hydrogens (tertiary/aromatic N) is 1. The maximum absolute atomic E-state index is 6.40. The zero-order chi connectivity index (χ0) is 36.3. The van der Waals surface area contributed by atoms with Gasteiger partial charge in [0.15, 0.2) is 0 Å². The quantitative estimate of drug-likeness (QED) is 0.195. The number of benzene rings is 1. The number of fused-ring (bicyclic) bond motifs is 1. The highest BCUT2D eigenvalue weighted by atomic mass is 16.5. The van der Waals surface area contributed by atoms with Gasteiger partial charge in [0.2, 0.25) is 0 Å². The summed E-state index contributed by atoms with van der Waals surface area (Å²) in [7, 11) is 1.82. The maximum Gasteiger partial charge on any atom is 0.0700 e. The second-order valence-electron chi connectivity index (χ2n) is 25.3. The molecule has 3 nitrogen and oxygen atoms in total. The lowest BCUT2D eigenvalue weighted by atomic mass is 9.41. The number of hydrogen-bond acceptors (Lipinski definition) is 3. The van der Waals surface area contributed by atoms with Gasteiger partial charge in [-0.25, -0.2) is 0 Å². The van der Waals surface area contributed by atoms with E-state index in [9.17, 15) is 0 Å². The number of rotatable bonds is 8. The van der Waals surface area contributed by atoms with Crippen LogP contribution in [0.5, 0.6) is 0 Å². The maximum atomic E-state index is 6.40. The van der Waals surface area contributed by atoms with Gasteiger partial charge < -0.3 is 9.47 Å². The summed E-state index contributed by atoms with van der Waals surface area (Å²) in [5.74, 6) is 28.1. The molecule has 1 aliphatic heterocycles. The number of methoxy groups -OCH3 is 1. The topological polar surface area (TPSA) is 21.7 Å². The van der Waals surface area contributed by atoms with Crippen molar-refractivity contribution in [3.63, 3.8) is 0 Å². The van der Waals surface area contributed by atoms with Crippen LogP contribution in [-0.4, -0.2) is 44.9 Å². The summed E-state index contributed by atoms with van der Waals surface area (Å²) in [6, 6.07) is 11.0. The molecule has 57 heavy (non-hydrogen) atoms. The van der Waals surface area contributed by atoms with Crippen molar-refractivity contribution in [3.05, 3.63) is 57.7 Å². The van der Waals surface area contributed by atoms with Crippen LogP contribution in [0, 0.1) is 159 Å². The number of ether oxygens (including phenoxy) is 2. The van der Waals surface area contributed by atoms with E-state index in [1.807, 2.05) is 7.11 Å². The summed E-state index contributed by atoms with van der Waals surface area (Å²) in [6.45, 7) is 7.05. The minimum atomic E-state index is 0.419. The molecule has 1 saturated heterocycles. The van der Waals surface area contributed by atoms with Crippen molar-refractivity contribution in [1.82, 2.24) is 4.90 Å². The Balaban J connectivity index is 0.903. The Morgan fingerprint density at radius 3 is 2.02 bits per heavy atom. The average Bonchev–Trinajstić information content (AvgIpc) is 4.08. The van der Waals surface area contributed by atoms with Gasteiger partial charge in [-0.1, -0.05) is 53.5 Å². The van der Waals surface area contributed by atoms with Gasteiger partial charge in [-0.05, 0) is 211 Å². The summed E-state index contributed by atoms with van der Waals surface area (Å²) in [5, 5.41) is 0. The molecule has 3 heteroatoms. The van der Waals surface area contributed by atoms with Gasteiger partial charge in [-0.3, -0.25) is 4.90 Å². The molecule has 0 N–H and O–H groups in total. The molecule has 1 aromatic rings. The lowest BCUT2D eigenvalue weighted by Crippen LogP contribution is -2.59. The highest BCUT2D eigenvalue weighted by Gasteiger charge is 2.88. The summed E-state index contributed by atoms with van der Waals surface area (Å²) >= 11 is 0. The zero-order valence-corrected chi connectivity index (χ0v) is 34.6. The first-order chi connectivity index (χ1) is 28.2. The van der Waals surface area contributed by atoms with Crippen LogP contribution in [-0.2, 0) is 15.9 Å². The van der Waals surface area contributed by atoms with E-state index in [-0.39, 0.29) is 0 Å². The largest absolute Gasteiger partial charge is 0.382 e. The highest BCUT2D eigenvalue weighted by molar-refractivity contribution is 5.56. The van der Waals surface area contributed by atoms with E-state index in [4.69, 9.17) is 9.47 Å². The molecule has 1 spiro atoms. The number of allylic oxidation sites excluding steroid dienone is 3. The molecule has 28 unspecified atom stereocenters. The molecular formula is C54H65NO2. The van der Waals surface area contributed by atoms with Gasteiger partial charge in [-0.15, -0.1) is 0 Å². The van der Waals surface area contributed by atoms with Crippen molar-refractivity contribution in [2.45, 2.75) is 70.8 Å². The number of hydrogen-bond donors (Lipinski definition) is 0. The Morgan fingerprint density at radius 1 is 0.632 bits per heavy atom. The fourth-order valence-electron chi connectivity index (χ4n) is 26.6. The molecule has 0 amide bonds. The minimum absolute atomic E-state index is 0.419. The Hall–Kier alpha value is -1.42. The predicted molar refractivity (Wildman–Crippen MR) is 217 cm³/mol. The van der Waals surface area contributed by atoms with Crippen LogP contribution < -0.4 is 0 Å². The normalized spacial score (nSPS) is 64.6. The van der Waals surface area contributed by atoms with Crippen LogP contribution in [0.1, 0.15) is 75.5 Å². The first kappa shape index (κ1) is 31.4. The Morgan fingerprint density at radius 2 is 1.26 bits per heavy atom. The highest BCUT2D eigenvalue weighted by Crippen LogP contribution is 2.93. The number of aryl methyl sites for hydroxylation is 1. The van der Waals surface area contributed by atoms with Gasteiger partial charge in [0.25, 0.3) is 0 Å². The van der Waals surface area contributed by atoms with Gasteiger partial charge in [0, 0.05) is 43.5 Å². The van der Waals surface area contributed by atoms with Crippen LogP contribution in [0.2, 0.25) is 0 Å². The monoisotopic (exact) mass is 760 g/mol. The van der Waals surface area contributed by atoms with Crippen molar-refractivity contribution < 1.29 is 9.47 Å². The predicted octanol–water partition coefficient (Wildman–Crippen LogP) is 9.21. The van der Waals surface area contributed by atoms with Gasteiger partial charge in [0.05, 0.1) is 19.8 Å². The van der Waals surface area contributed by atoms with Crippen LogP contribution in [0.25, 0.3) is 0 Å². The molecule has 0 aromatic heterocycles. The van der Waals surface area contributed by atoms with E-state index >= 15 is 0 Å². The van der Waals surface area contributed by atoms with Gasteiger partial charge in [0.1, 0.15) is 0 Å². The molecule has 14 fully saturated rings. The van der Waals surface area contributed by atoms with E-state index in [1.165, 1.54) is 48.6 Å². The molecule has 16 aliphatic carbocycles. The van der Waals surface area contributed by atoms with Crippen molar-refractivity contribution in [1.29, 1.82) is 0 Å². The first-order valence-electron chi connectivity index (χ1n) is 25.5. The Bertz CT molecular complexity index is 2130. The zero-order valence-electron chi connectivity index (χ0n) is 34.6. The fourth-order valence-corrected chi connectivity index (χ4v) is 26.6. The van der Waals surface area contributed by atoms with E-state index in [0.29, 0.717) is 18.1 Å². The molecule has 18 rings (SSSR count). The molecule has 13 saturated carbocycles. The minimum Gasteiger partial charge on any atom is -0.382 e. The molecule has 298 valence electrons. The van der Waals surface area contributed by atoms with Crippen LogP contribution in [0.3, 0.4) is 0 Å². The van der Waals surface area contributed by atoms with Crippen molar-refractivity contribution >= 4 is 0 Å². The SMILES string of the molecule is CCc1ccc(C2N(CCOCCOC)CC3C4=C5C6C7=C(C4)CC4CC8CC9CC%10CC%11CC%12CC32C2C5C3C6C5C(C74)C8C4C9C%10C6C%11C(C3C6C45)C%122)cc1. The van der Waals surface area contributed by atoms with Crippen LogP contribution in [0.15, 0.2) is 46.6 Å². The van der Waals surface area contributed by atoms with Crippen molar-refractivity contribution in [2.24, 2.45) is 159 Å². The van der Waals surface area contributed by atoms with Crippen molar-refractivity contribution in [2.75, 3.05) is 40.0 Å². The lowest BCUT2D eigenvalue weighted by Gasteiger charge is -2.62. The van der Waals surface area contributed by atoms with E-state index in [1.54, 1.807) is 44.1 Å². The summed E-state index contributed by atoms with van der Waals surface area (Å²) < 4.78 is 11.9. The second-order valence-corrected chi connectivity index (χ2v) is 25.3. The average molecular weight is 760 g/mol. The molecular weight excluding hydrogens is 695 g/mol. The van der Waals surface area contributed by atoms with Gasteiger partial charge >= 0.3 is 0 Å². The van der Waals surface area contributed by atoms with Crippen molar-refractivity contribution in [3.8, 4) is 0 Å². The molecule has 0 bridgehead atoms. The number of likely N-dealkylation sites (tertiary alicyclic amines) is 1. The molecule has 17 aliphatic rings. The van der Waals surface area contributed by atoms with E-state index in [2.05, 4.69) is 58.4 Å².